The number of amides is 1. The molecule has 0 aromatic carbocycles. The molecule has 3 nitrogen and oxygen atoms in total. The molecule has 0 radical (unpaired) electrons. The summed E-state index contributed by atoms with van der Waals surface area (Å²) in [4.78, 5) is 14.1. The minimum absolute atomic E-state index is 0.175. The summed E-state index contributed by atoms with van der Waals surface area (Å²) in [6.45, 7) is 7.08. The second-order valence-corrected chi connectivity index (χ2v) is 5.96. The zero-order valence-corrected chi connectivity index (χ0v) is 12.5. The van der Waals surface area contributed by atoms with Crippen molar-refractivity contribution < 1.29 is 4.79 Å². The van der Waals surface area contributed by atoms with Crippen LogP contribution in [0.4, 0.5) is 0 Å². The molecule has 1 aliphatic carbocycles. The average molecular weight is 254 g/mol. The van der Waals surface area contributed by atoms with E-state index in [2.05, 4.69) is 38.0 Å². The molecule has 1 aliphatic rings. The lowest BCUT2D eigenvalue weighted by Crippen LogP contribution is -2.43. The van der Waals surface area contributed by atoms with Gasteiger partial charge in [0.2, 0.25) is 5.91 Å². The Kier molecular flexibility index (Phi) is 6.69. The summed E-state index contributed by atoms with van der Waals surface area (Å²) >= 11 is 0. The molecule has 0 bridgehead atoms. The largest absolute Gasteiger partial charge is 0.353 e. The highest BCUT2D eigenvalue weighted by molar-refractivity contribution is 5.78. The van der Waals surface area contributed by atoms with Gasteiger partial charge in [0.25, 0.3) is 0 Å². The van der Waals surface area contributed by atoms with E-state index in [0.717, 1.165) is 12.3 Å². The first-order valence-electron chi connectivity index (χ1n) is 7.54. The lowest BCUT2D eigenvalue weighted by molar-refractivity contribution is -0.123. The van der Waals surface area contributed by atoms with Crippen molar-refractivity contribution in [2.24, 2.45) is 5.92 Å². The molecule has 0 aliphatic heterocycles. The Hall–Kier alpha value is -0.570. The van der Waals surface area contributed by atoms with E-state index in [1.165, 1.54) is 32.1 Å². The van der Waals surface area contributed by atoms with Gasteiger partial charge in [-0.25, -0.2) is 0 Å². The van der Waals surface area contributed by atoms with E-state index >= 15 is 0 Å². The van der Waals surface area contributed by atoms with E-state index in [-0.39, 0.29) is 5.91 Å². The zero-order valence-electron chi connectivity index (χ0n) is 12.5. The van der Waals surface area contributed by atoms with Crippen LogP contribution in [-0.2, 0) is 4.79 Å². The topological polar surface area (TPSA) is 32.3 Å². The highest BCUT2D eigenvalue weighted by Crippen LogP contribution is 2.34. The second kappa shape index (κ2) is 7.78. The number of nitrogens with zero attached hydrogens (tertiary/aromatic N) is 1. The molecular formula is C15H30N2O. The Balaban J connectivity index is 2.15. The zero-order chi connectivity index (χ0) is 13.5. The summed E-state index contributed by atoms with van der Waals surface area (Å²) in [5.41, 5.74) is 0. The van der Waals surface area contributed by atoms with E-state index in [4.69, 9.17) is 0 Å². The normalized spacial score (nSPS) is 18.7. The lowest BCUT2D eigenvalue weighted by atomic mass is 10.1. The predicted octanol–water partition coefficient (Wildman–Crippen LogP) is 2.80. The molecule has 0 saturated heterocycles. The molecule has 0 aromatic heterocycles. The smallest absolute Gasteiger partial charge is 0.234 e. The van der Waals surface area contributed by atoms with E-state index in [0.29, 0.717) is 18.6 Å². The van der Waals surface area contributed by atoms with E-state index in [1.54, 1.807) is 0 Å². The third-order valence-corrected chi connectivity index (χ3v) is 4.04. The molecule has 1 amide bonds. The fourth-order valence-electron chi connectivity index (χ4n) is 2.40. The maximum absolute atomic E-state index is 11.9. The van der Waals surface area contributed by atoms with Crippen LogP contribution >= 0.6 is 0 Å². The van der Waals surface area contributed by atoms with Gasteiger partial charge in [-0.1, -0.05) is 26.2 Å². The summed E-state index contributed by atoms with van der Waals surface area (Å²) in [6, 6.07) is 0.861. The standard InChI is InChI=1S/C15H30N2O/c1-5-6-7-8-12(2)16-15(18)11-17(4)13(3)14-9-10-14/h12-14H,5-11H2,1-4H3,(H,16,18). The first-order chi connectivity index (χ1) is 8.54. The van der Waals surface area contributed by atoms with Gasteiger partial charge in [0.05, 0.1) is 6.54 Å². The van der Waals surface area contributed by atoms with Crippen molar-refractivity contribution in [3.8, 4) is 0 Å². The maximum atomic E-state index is 11.9. The lowest BCUT2D eigenvalue weighted by Gasteiger charge is -2.24. The molecule has 106 valence electrons. The molecule has 0 spiro atoms. The van der Waals surface area contributed by atoms with Crippen LogP contribution in [0.1, 0.15) is 59.3 Å². The Labute approximate surface area is 112 Å². The number of unbranched alkanes of at least 4 members (excludes halogenated alkanes) is 2. The Bertz CT molecular complexity index is 251. The average Bonchev–Trinajstić information content (AvgIpc) is 3.11. The first-order valence-corrected chi connectivity index (χ1v) is 7.54. The Morgan fingerprint density at radius 1 is 1.33 bits per heavy atom. The SMILES string of the molecule is CCCCCC(C)NC(=O)CN(C)C(C)C1CC1. The summed E-state index contributed by atoms with van der Waals surface area (Å²) in [7, 11) is 2.06. The Morgan fingerprint density at radius 3 is 2.56 bits per heavy atom. The third kappa shape index (κ3) is 5.85. The van der Waals surface area contributed by atoms with Crippen LogP contribution < -0.4 is 5.32 Å². The molecule has 1 saturated carbocycles. The highest BCUT2D eigenvalue weighted by atomic mass is 16.2. The number of rotatable bonds is 9. The van der Waals surface area contributed by atoms with Crippen LogP contribution in [0.15, 0.2) is 0 Å². The summed E-state index contributed by atoms with van der Waals surface area (Å²) in [5, 5.41) is 3.10. The molecule has 2 unspecified atom stereocenters. The second-order valence-electron chi connectivity index (χ2n) is 5.96. The fourth-order valence-corrected chi connectivity index (χ4v) is 2.40. The molecule has 1 fully saturated rings. The number of hydrogen-bond acceptors (Lipinski definition) is 2. The number of nitrogens with one attached hydrogen (secondary N) is 1. The van der Waals surface area contributed by atoms with E-state index < -0.39 is 0 Å². The molecule has 3 heteroatoms. The quantitative estimate of drug-likeness (QED) is 0.642. The fraction of sp³-hybridized carbons (Fsp3) is 0.933. The van der Waals surface area contributed by atoms with E-state index in [1.807, 2.05) is 0 Å². The van der Waals surface area contributed by atoms with Gasteiger partial charge in [0, 0.05) is 12.1 Å². The molecule has 2 atom stereocenters. The predicted molar refractivity (Wildman–Crippen MR) is 76.6 cm³/mol. The highest BCUT2D eigenvalue weighted by Gasteiger charge is 2.31. The van der Waals surface area contributed by atoms with Crippen molar-refractivity contribution in [2.45, 2.75) is 71.4 Å². The van der Waals surface area contributed by atoms with E-state index in [9.17, 15) is 4.79 Å². The molecule has 0 aromatic rings. The summed E-state index contributed by atoms with van der Waals surface area (Å²) in [5.74, 6) is 0.999. The number of carbonyl (C=O) groups excluding carboxylic acids is 1. The number of likely N-dealkylation sites (N-methyl/N-ethyl adjacent to an activating group) is 1. The van der Waals surface area contributed by atoms with Gasteiger partial charge in [0.15, 0.2) is 0 Å². The van der Waals surface area contributed by atoms with Gasteiger partial charge in [-0.2, -0.15) is 0 Å². The van der Waals surface area contributed by atoms with Crippen molar-refractivity contribution in [2.75, 3.05) is 13.6 Å². The molecule has 0 heterocycles. The van der Waals surface area contributed by atoms with Crippen LogP contribution in [0.2, 0.25) is 0 Å². The van der Waals surface area contributed by atoms with Gasteiger partial charge >= 0.3 is 0 Å². The molecule has 1 N–H and O–H groups in total. The van der Waals surface area contributed by atoms with Gasteiger partial charge in [0.1, 0.15) is 0 Å². The molecule has 18 heavy (non-hydrogen) atoms. The minimum atomic E-state index is 0.175. The van der Waals surface area contributed by atoms with Crippen molar-refractivity contribution in [1.82, 2.24) is 10.2 Å². The van der Waals surface area contributed by atoms with Crippen LogP contribution in [0.5, 0.6) is 0 Å². The molecular weight excluding hydrogens is 224 g/mol. The van der Waals surface area contributed by atoms with Crippen molar-refractivity contribution in [3.05, 3.63) is 0 Å². The van der Waals surface area contributed by atoms with Crippen molar-refractivity contribution in [1.29, 1.82) is 0 Å². The van der Waals surface area contributed by atoms with Crippen molar-refractivity contribution in [3.63, 3.8) is 0 Å². The maximum Gasteiger partial charge on any atom is 0.234 e. The van der Waals surface area contributed by atoms with Crippen LogP contribution in [-0.4, -0.2) is 36.5 Å². The van der Waals surface area contributed by atoms with Gasteiger partial charge in [-0.3, -0.25) is 9.69 Å². The van der Waals surface area contributed by atoms with Gasteiger partial charge < -0.3 is 5.32 Å². The number of hydrogen-bond donors (Lipinski definition) is 1. The Morgan fingerprint density at radius 2 is 2.00 bits per heavy atom. The number of carbonyl (C=O) groups is 1. The first kappa shape index (κ1) is 15.5. The van der Waals surface area contributed by atoms with Gasteiger partial charge in [-0.05, 0) is 46.1 Å². The van der Waals surface area contributed by atoms with Crippen LogP contribution in [0.25, 0.3) is 0 Å². The monoisotopic (exact) mass is 254 g/mol. The summed E-state index contributed by atoms with van der Waals surface area (Å²) < 4.78 is 0. The summed E-state index contributed by atoms with van der Waals surface area (Å²) in [6.07, 6.45) is 7.48. The minimum Gasteiger partial charge on any atom is -0.353 e. The molecule has 1 rings (SSSR count). The van der Waals surface area contributed by atoms with Crippen LogP contribution in [0, 0.1) is 5.92 Å². The van der Waals surface area contributed by atoms with Crippen LogP contribution in [0.3, 0.4) is 0 Å². The van der Waals surface area contributed by atoms with Crippen molar-refractivity contribution >= 4 is 5.91 Å². The van der Waals surface area contributed by atoms with Gasteiger partial charge in [-0.15, -0.1) is 0 Å². The third-order valence-electron chi connectivity index (χ3n) is 4.04.